The molecule has 0 saturated carbocycles. The summed E-state index contributed by atoms with van der Waals surface area (Å²) in [5.74, 6) is 0. The number of benzene rings is 2. The fourth-order valence-electron chi connectivity index (χ4n) is 2.58. The van der Waals surface area contributed by atoms with Crippen LogP contribution < -0.4 is 4.80 Å². The van der Waals surface area contributed by atoms with Crippen molar-refractivity contribution in [3.8, 4) is 0 Å². The molecule has 0 atom stereocenters. The number of thiazole rings is 1. The summed E-state index contributed by atoms with van der Waals surface area (Å²) < 4.78 is 2.31. The molecule has 0 saturated heterocycles. The van der Waals surface area contributed by atoms with Crippen LogP contribution in [-0.4, -0.2) is 4.57 Å². The number of hydrogen-bond donors (Lipinski definition) is 0. The third-order valence-electron chi connectivity index (χ3n) is 4.03. The largest absolute Gasteiger partial charge is 0.321 e. The van der Waals surface area contributed by atoms with Crippen molar-refractivity contribution in [2.45, 2.75) is 33.2 Å². The van der Waals surface area contributed by atoms with Gasteiger partial charge in [-0.1, -0.05) is 49.4 Å². The van der Waals surface area contributed by atoms with Crippen molar-refractivity contribution in [1.82, 2.24) is 4.57 Å². The van der Waals surface area contributed by atoms with Crippen LogP contribution in [-0.2, 0) is 19.4 Å². The molecule has 3 heteroatoms. The Kier molecular flexibility index (Phi) is 5.09. The van der Waals surface area contributed by atoms with Crippen LogP contribution >= 0.6 is 11.3 Å². The monoisotopic (exact) mass is 322 g/mol. The third kappa shape index (κ3) is 3.99. The van der Waals surface area contributed by atoms with Gasteiger partial charge in [-0.15, -0.1) is 11.3 Å². The summed E-state index contributed by atoms with van der Waals surface area (Å²) in [6.07, 6.45) is 2.09. The lowest BCUT2D eigenvalue weighted by atomic mass is 10.1. The number of rotatable bonds is 5. The normalized spacial score (nSPS) is 11.8. The Morgan fingerprint density at radius 3 is 2.39 bits per heavy atom. The van der Waals surface area contributed by atoms with Gasteiger partial charge in [0.2, 0.25) is 0 Å². The van der Waals surface area contributed by atoms with Crippen molar-refractivity contribution in [3.05, 3.63) is 81.6 Å². The average Bonchev–Trinajstić information content (AvgIpc) is 2.94. The molecule has 2 nitrogen and oxygen atoms in total. The standard InChI is InChI=1S/C20H22N2S/c1-3-17-9-11-19(12-10-17)21-20-22(16(2)15-23-20)14-13-18-7-5-4-6-8-18/h4-12,15H,3,13-14H2,1-2H3. The van der Waals surface area contributed by atoms with Gasteiger partial charge in [0, 0.05) is 17.6 Å². The third-order valence-corrected chi connectivity index (χ3v) is 5.01. The highest BCUT2D eigenvalue weighted by Gasteiger charge is 2.02. The van der Waals surface area contributed by atoms with Crippen LogP contribution in [0.25, 0.3) is 0 Å². The molecule has 0 aliphatic rings. The molecule has 0 spiro atoms. The molecule has 118 valence electrons. The smallest absolute Gasteiger partial charge is 0.190 e. The Balaban J connectivity index is 1.84. The predicted molar refractivity (Wildman–Crippen MR) is 98.2 cm³/mol. The van der Waals surface area contributed by atoms with Crippen LogP contribution in [0.4, 0.5) is 5.69 Å². The SMILES string of the molecule is CCc1ccc(N=c2scc(C)n2CCc2ccccc2)cc1. The van der Waals surface area contributed by atoms with E-state index in [2.05, 4.69) is 78.4 Å². The molecule has 2 aromatic carbocycles. The average molecular weight is 322 g/mol. The van der Waals surface area contributed by atoms with Crippen molar-refractivity contribution < 1.29 is 0 Å². The second kappa shape index (κ2) is 7.42. The van der Waals surface area contributed by atoms with Gasteiger partial charge in [0.25, 0.3) is 0 Å². The van der Waals surface area contributed by atoms with Gasteiger partial charge in [-0.25, -0.2) is 4.99 Å². The number of nitrogens with zero attached hydrogens (tertiary/aromatic N) is 2. The Hall–Kier alpha value is -2.13. The maximum atomic E-state index is 4.83. The maximum absolute atomic E-state index is 4.83. The highest BCUT2D eigenvalue weighted by Crippen LogP contribution is 2.13. The highest BCUT2D eigenvalue weighted by atomic mass is 32.1. The molecule has 3 rings (SSSR count). The molecule has 3 aromatic rings. The topological polar surface area (TPSA) is 17.3 Å². The first-order valence-electron chi connectivity index (χ1n) is 8.09. The molecule has 23 heavy (non-hydrogen) atoms. The van der Waals surface area contributed by atoms with Crippen LogP contribution in [0.2, 0.25) is 0 Å². The molecule has 0 bridgehead atoms. The van der Waals surface area contributed by atoms with E-state index in [1.54, 1.807) is 11.3 Å². The molecule has 0 radical (unpaired) electrons. The summed E-state index contributed by atoms with van der Waals surface area (Å²) in [7, 11) is 0. The second-order valence-electron chi connectivity index (χ2n) is 5.68. The van der Waals surface area contributed by atoms with Crippen molar-refractivity contribution in [2.24, 2.45) is 4.99 Å². The minimum Gasteiger partial charge on any atom is -0.321 e. The van der Waals surface area contributed by atoms with E-state index in [0.717, 1.165) is 29.9 Å². The fraction of sp³-hybridized carbons (Fsp3) is 0.250. The number of hydrogen-bond acceptors (Lipinski definition) is 2. The zero-order chi connectivity index (χ0) is 16.1. The van der Waals surface area contributed by atoms with Crippen molar-refractivity contribution in [1.29, 1.82) is 0 Å². The first-order chi connectivity index (χ1) is 11.3. The summed E-state index contributed by atoms with van der Waals surface area (Å²) in [5.41, 5.74) is 5.01. The van der Waals surface area contributed by atoms with Crippen LogP contribution in [0.3, 0.4) is 0 Å². The quantitative estimate of drug-likeness (QED) is 0.636. The van der Waals surface area contributed by atoms with Crippen molar-refractivity contribution >= 4 is 17.0 Å². The molecule has 0 amide bonds. The Labute approximate surface area is 141 Å². The predicted octanol–water partition coefficient (Wildman–Crippen LogP) is 4.90. The first-order valence-corrected chi connectivity index (χ1v) is 8.97. The molecule has 1 heterocycles. The lowest BCUT2D eigenvalue weighted by Crippen LogP contribution is -2.17. The lowest BCUT2D eigenvalue weighted by molar-refractivity contribution is 0.658. The zero-order valence-electron chi connectivity index (χ0n) is 13.7. The summed E-state index contributed by atoms with van der Waals surface area (Å²) in [6, 6.07) is 19.2. The van der Waals surface area contributed by atoms with Gasteiger partial charge in [-0.05, 0) is 43.0 Å². The van der Waals surface area contributed by atoms with E-state index in [0.29, 0.717) is 0 Å². The van der Waals surface area contributed by atoms with Crippen LogP contribution in [0.15, 0.2) is 65.0 Å². The van der Waals surface area contributed by atoms with E-state index in [1.165, 1.54) is 16.8 Å². The fourth-order valence-corrected chi connectivity index (χ4v) is 3.50. The Morgan fingerprint density at radius 1 is 0.957 bits per heavy atom. The first kappa shape index (κ1) is 15.8. The molecule has 0 aliphatic heterocycles. The highest BCUT2D eigenvalue weighted by molar-refractivity contribution is 7.07. The van der Waals surface area contributed by atoms with Gasteiger partial charge in [0.1, 0.15) is 0 Å². The van der Waals surface area contributed by atoms with Gasteiger partial charge in [-0.2, -0.15) is 0 Å². The number of aryl methyl sites for hydroxylation is 3. The summed E-state index contributed by atoms with van der Waals surface area (Å²) >= 11 is 1.71. The molecular weight excluding hydrogens is 300 g/mol. The van der Waals surface area contributed by atoms with Gasteiger partial charge in [0.15, 0.2) is 4.80 Å². The molecular formula is C20H22N2S. The van der Waals surface area contributed by atoms with Crippen LogP contribution in [0.5, 0.6) is 0 Å². The molecule has 0 unspecified atom stereocenters. The lowest BCUT2D eigenvalue weighted by Gasteiger charge is -2.06. The van der Waals surface area contributed by atoms with E-state index in [-0.39, 0.29) is 0 Å². The summed E-state index contributed by atoms with van der Waals surface area (Å²) in [6.45, 7) is 5.29. The van der Waals surface area contributed by atoms with Crippen LogP contribution in [0, 0.1) is 6.92 Å². The van der Waals surface area contributed by atoms with Crippen molar-refractivity contribution in [3.63, 3.8) is 0 Å². The molecule has 0 fully saturated rings. The van der Waals surface area contributed by atoms with Gasteiger partial charge in [0.05, 0.1) is 5.69 Å². The molecule has 0 N–H and O–H groups in total. The second-order valence-corrected chi connectivity index (χ2v) is 6.52. The molecule has 0 aliphatic carbocycles. The van der Waals surface area contributed by atoms with E-state index in [1.807, 2.05) is 0 Å². The Morgan fingerprint density at radius 2 is 1.70 bits per heavy atom. The van der Waals surface area contributed by atoms with Gasteiger partial charge >= 0.3 is 0 Å². The van der Waals surface area contributed by atoms with Gasteiger partial charge < -0.3 is 4.57 Å². The zero-order valence-corrected chi connectivity index (χ0v) is 14.5. The molecule has 1 aromatic heterocycles. The maximum Gasteiger partial charge on any atom is 0.190 e. The summed E-state index contributed by atoms with van der Waals surface area (Å²) in [5, 5.41) is 2.18. The van der Waals surface area contributed by atoms with Gasteiger partial charge in [-0.3, -0.25) is 0 Å². The Bertz CT molecular complexity index is 811. The number of aromatic nitrogens is 1. The van der Waals surface area contributed by atoms with Crippen LogP contribution in [0.1, 0.15) is 23.7 Å². The van der Waals surface area contributed by atoms with E-state index < -0.39 is 0 Å². The van der Waals surface area contributed by atoms with E-state index in [9.17, 15) is 0 Å². The van der Waals surface area contributed by atoms with Crippen molar-refractivity contribution in [2.75, 3.05) is 0 Å². The van der Waals surface area contributed by atoms with E-state index >= 15 is 0 Å². The minimum atomic E-state index is 0.964. The summed E-state index contributed by atoms with van der Waals surface area (Å²) in [4.78, 5) is 5.90. The van der Waals surface area contributed by atoms with E-state index in [4.69, 9.17) is 4.99 Å². The minimum absolute atomic E-state index is 0.964.